The summed E-state index contributed by atoms with van der Waals surface area (Å²) in [6.45, 7) is 8.46. The van der Waals surface area contributed by atoms with Crippen LogP contribution in [0.1, 0.15) is 33.3 Å². The van der Waals surface area contributed by atoms with Gasteiger partial charge in [-0.15, -0.1) is 0 Å². The molecule has 0 N–H and O–H groups in total. The van der Waals surface area contributed by atoms with Crippen LogP contribution in [0.2, 0.25) is 0 Å². The molecule has 1 heterocycles. The number of benzene rings is 3. The van der Waals surface area contributed by atoms with Gasteiger partial charge in [-0.25, -0.2) is 0 Å². The van der Waals surface area contributed by atoms with Gasteiger partial charge in [0, 0.05) is 6.32 Å². The van der Waals surface area contributed by atoms with E-state index in [0.29, 0.717) is 0 Å². The Morgan fingerprint density at radius 3 is 1.62 bits per heavy atom. The second kappa shape index (κ2) is 7.94. The summed E-state index contributed by atoms with van der Waals surface area (Å²) in [5.41, 5.74) is 0.723. The molecule has 3 aromatic carbocycles. The molecule has 4 rings (SSSR count). The fourth-order valence-electron chi connectivity index (χ4n) is 4.07. The lowest BCUT2D eigenvalue weighted by Gasteiger charge is -2.32. The SMILES string of the molecule is CC1(C)OB(Cc2ccccc2[SiH](c2ccccc2)c2ccccc2)OC1(C)C. The molecule has 148 valence electrons. The highest BCUT2D eigenvalue weighted by Crippen LogP contribution is 2.37. The zero-order chi connectivity index (χ0) is 20.5. The van der Waals surface area contributed by atoms with Crippen LogP contribution in [-0.4, -0.2) is 27.1 Å². The average Bonchev–Trinajstić information content (AvgIpc) is 2.91. The van der Waals surface area contributed by atoms with E-state index in [2.05, 4.69) is 113 Å². The van der Waals surface area contributed by atoms with E-state index in [1.54, 1.807) is 0 Å². The first-order valence-electron chi connectivity index (χ1n) is 10.4. The summed E-state index contributed by atoms with van der Waals surface area (Å²) in [5.74, 6) is 0. The smallest absolute Gasteiger partial charge is 0.403 e. The van der Waals surface area contributed by atoms with E-state index in [-0.39, 0.29) is 18.3 Å². The molecule has 29 heavy (non-hydrogen) atoms. The highest BCUT2D eigenvalue weighted by molar-refractivity contribution is 6.95. The summed E-state index contributed by atoms with van der Waals surface area (Å²) < 4.78 is 12.6. The van der Waals surface area contributed by atoms with Gasteiger partial charge in [-0.05, 0) is 27.7 Å². The van der Waals surface area contributed by atoms with Gasteiger partial charge in [0.1, 0.15) is 8.80 Å². The van der Waals surface area contributed by atoms with Gasteiger partial charge < -0.3 is 9.31 Å². The normalized spacial score (nSPS) is 17.6. The molecule has 0 saturated carbocycles. The maximum absolute atomic E-state index is 6.31. The molecular weight excluding hydrogens is 371 g/mol. The van der Waals surface area contributed by atoms with Crippen molar-refractivity contribution in [3.8, 4) is 0 Å². The zero-order valence-electron chi connectivity index (χ0n) is 17.8. The highest BCUT2D eigenvalue weighted by Gasteiger charge is 2.51. The minimum absolute atomic E-state index is 0.220. The Bertz CT molecular complexity index is 901. The molecule has 0 spiro atoms. The molecular formula is C25H29BO2Si. The maximum atomic E-state index is 6.31. The first-order chi connectivity index (χ1) is 13.9. The second-order valence-electron chi connectivity index (χ2n) is 8.84. The van der Waals surface area contributed by atoms with Crippen LogP contribution in [0.25, 0.3) is 0 Å². The molecule has 4 heteroatoms. The molecule has 0 amide bonds. The van der Waals surface area contributed by atoms with Crippen molar-refractivity contribution >= 4 is 31.5 Å². The van der Waals surface area contributed by atoms with Crippen LogP contribution in [0.3, 0.4) is 0 Å². The lowest BCUT2D eigenvalue weighted by Crippen LogP contribution is -2.53. The minimum Gasteiger partial charge on any atom is -0.403 e. The van der Waals surface area contributed by atoms with Crippen LogP contribution < -0.4 is 15.6 Å². The van der Waals surface area contributed by atoms with Crippen LogP contribution in [0.15, 0.2) is 84.9 Å². The molecule has 0 unspecified atom stereocenters. The third-order valence-electron chi connectivity index (χ3n) is 6.32. The molecule has 1 saturated heterocycles. The van der Waals surface area contributed by atoms with Gasteiger partial charge in [-0.1, -0.05) is 106 Å². The minimum atomic E-state index is -1.59. The molecule has 2 nitrogen and oxygen atoms in total. The third-order valence-corrected chi connectivity index (χ3v) is 9.61. The summed E-state index contributed by atoms with van der Waals surface area (Å²) in [4.78, 5) is 0. The van der Waals surface area contributed by atoms with Crippen molar-refractivity contribution in [1.29, 1.82) is 0 Å². The first kappa shape index (κ1) is 20.1. The van der Waals surface area contributed by atoms with E-state index in [4.69, 9.17) is 9.31 Å². The van der Waals surface area contributed by atoms with Crippen molar-refractivity contribution in [2.24, 2.45) is 0 Å². The summed E-state index contributed by atoms with van der Waals surface area (Å²) in [7, 11) is -1.81. The summed E-state index contributed by atoms with van der Waals surface area (Å²) in [6, 6.07) is 30.7. The molecule has 1 aliphatic rings. The zero-order valence-corrected chi connectivity index (χ0v) is 18.9. The van der Waals surface area contributed by atoms with Gasteiger partial charge in [0.05, 0.1) is 11.2 Å². The number of rotatable bonds is 5. The molecule has 0 bridgehead atoms. The monoisotopic (exact) mass is 400 g/mol. The third kappa shape index (κ3) is 4.11. The van der Waals surface area contributed by atoms with E-state index in [9.17, 15) is 0 Å². The molecule has 1 fully saturated rings. The van der Waals surface area contributed by atoms with E-state index in [0.717, 1.165) is 6.32 Å². The van der Waals surface area contributed by atoms with Gasteiger partial charge in [0.15, 0.2) is 0 Å². The molecule has 0 atom stereocenters. The Kier molecular flexibility index (Phi) is 5.52. The Morgan fingerprint density at radius 2 is 1.10 bits per heavy atom. The standard InChI is InChI=1S/C25H29BO2Si/c1-24(2)25(3,4)28-26(27-24)19-20-13-11-12-18-23(20)29(21-14-7-5-8-15-21)22-16-9-6-10-17-22/h5-18,29H,19H2,1-4H3. The molecule has 0 radical (unpaired) electrons. The Morgan fingerprint density at radius 1 is 0.655 bits per heavy atom. The molecule has 0 aliphatic carbocycles. The van der Waals surface area contributed by atoms with Gasteiger partial charge >= 0.3 is 7.12 Å². The lowest BCUT2D eigenvalue weighted by atomic mass is 9.81. The van der Waals surface area contributed by atoms with Crippen LogP contribution in [-0.2, 0) is 15.6 Å². The quantitative estimate of drug-likeness (QED) is 0.484. The van der Waals surface area contributed by atoms with Crippen molar-refractivity contribution < 1.29 is 9.31 Å². The number of hydrogen-bond donors (Lipinski definition) is 0. The Balaban J connectivity index is 1.72. The second-order valence-corrected chi connectivity index (χ2v) is 11.7. The average molecular weight is 400 g/mol. The fourth-order valence-corrected chi connectivity index (χ4v) is 7.28. The first-order valence-corrected chi connectivity index (χ1v) is 12.1. The predicted molar refractivity (Wildman–Crippen MR) is 125 cm³/mol. The Hall–Kier alpha value is -2.14. The predicted octanol–water partition coefficient (Wildman–Crippen LogP) is 3.11. The summed E-state index contributed by atoms with van der Waals surface area (Å²) in [6.07, 6.45) is 0.770. The van der Waals surface area contributed by atoms with Gasteiger partial charge in [-0.2, -0.15) is 0 Å². The van der Waals surface area contributed by atoms with Gasteiger partial charge in [-0.3, -0.25) is 0 Å². The van der Waals surface area contributed by atoms with Crippen molar-refractivity contribution in [2.45, 2.75) is 45.2 Å². The topological polar surface area (TPSA) is 18.5 Å². The van der Waals surface area contributed by atoms with E-state index < -0.39 is 8.80 Å². The summed E-state index contributed by atoms with van der Waals surface area (Å²) >= 11 is 0. The molecule has 0 aromatic heterocycles. The van der Waals surface area contributed by atoms with Crippen LogP contribution >= 0.6 is 0 Å². The fraction of sp³-hybridized carbons (Fsp3) is 0.280. The van der Waals surface area contributed by atoms with Crippen molar-refractivity contribution in [3.05, 3.63) is 90.5 Å². The summed E-state index contributed by atoms with van der Waals surface area (Å²) in [5, 5.41) is 4.31. The van der Waals surface area contributed by atoms with Crippen LogP contribution in [0.4, 0.5) is 0 Å². The van der Waals surface area contributed by atoms with Crippen LogP contribution in [0, 0.1) is 0 Å². The lowest BCUT2D eigenvalue weighted by molar-refractivity contribution is 0.00578. The number of hydrogen-bond acceptors (Lipinski definition) is 2. The maximum Gasteiger partial charge on any atom is 0.462 e. The van der Waals surface area contributed by atoms with Crippen molar-refractivity contribution in [2.75, 3.05) is 0 Å². The van der Waals surface area contributed by atoms with Gasteiger partial charge in [0.2, 0.25) is 0 Å². The van der Waals surface area contributed by atoms with Crippen molar-refractivity contribution in [3.63, 3.8) is 0 Å². The molecule has 3 aromatic rings. The van der Waals surface area contributed by atoms with Crippen molar-refractivity contribution in [1.82, 2.24) is 0 Å². The van der Waals surface area contributed by atoms with E-state index in [1.807, 2.05) is 0 Å². The largest absolute Gasteiger partial charge is 0.462 e. The van der Waals surface area contributed by atoms with E-state index >= 15 is 0 Å². The Labute approximate surface area is 176 Å². The van der Waals surface area contributed by atoms with Crippen LogP contribution in [0.5, 0.6) is 0 Å². The van der Waals surface area contributed by atoms with E-state index in [1.165, 1.54) is 21.1 Å². The van der Waals surface area contributed by atoms with Gasteiger partial charge in [0.25, 0.3) is 0 Å². The highest BCUT2D eigenvalue weighted by atomic mass is 28.3. The molecule has 1 aliphatic heterocycles.